The lowest BCUT2D eigenvalue weighted by Gasteiger charge is -1.95. The van der Waals surface area contributed by atoms with E-state index in [1.807, 2.05) is 36.4 Å². The monoisotopic (exact) mass is 239 g/mol. The minimum absolute atomic E-state index is 0.823. The second-order valence-electron chi connectivity index (χ2n) is 3.02. The molecular weight excluding hydrogens is 224 g/mol. The lowest BCUT2D eigenvalue weighted by atomic mass is 10.2. The molecular formula is C12H15OS2+. The first-order valence-electron chi connectivity index (χ1n) is 4.77. The molecule has 0 amide bonds. The van der Waals surface area contributed by atoms with Crippen molar-refractivity contribution in [3.63, 3.8) is 0 Å². The van der Waals surface area contributed by atoms with E-state index in [-0.39, 0.29) is 0 Å². The van der Waals surface area contributed by atoms with E-state index in [9.17, 15) is 0 Å². The van der Waals surface area contributed by atoms with Crippen LogP contribution in [-0.4, -0.2) is 0 Å². The second-order valence-corrected chi connectivity index (χ2v) is 3.74. The first-order valence-corrected chi connectivity index (χ1v) is 5.63. The fourth-order valence-corrected chi connectivity index (χ4v) is 1.46. The van der Waals surface area contributed by atoms with Crippen LogP contribution in [0.15, 0.2) is 53.5 Å². The number of benzene rings is 1. The highest BCUT2D eigenvalue weighted by Crippen LogP contribution is 2.11. The zero-order chi connectivity index (χ0) is 10.9. The number of para-hydroxylation sites is 1. The van der Waals surface area contributed by atoms with Crippen LogP contribution in [0.25, 0.3) is 0 Å². The van der Waals surface area contributed by atoms with E-state index < -0.39 is 0 Å². The highest BCUT2D eigenvalue weighted by Gasteiger charge is 1.87. The van der Waals surface area contributed by atoms with E-state index in [1.165, 1.54) is 6.42 Å². The van der Waals surface area contributed by atoms with Crippen LogP contribution in [0.4, 0.5) is 0 Å². The molecule has 1 aliphatic rings. The van der Waals surface area contributed by atoms with Crippen LogP contribution in [0.2, 0.25) is 0 Å². The third-order valence-electron chi connectivity index (χ3n) is 1.84. The van der Waals surface area contributed by atoms with Crippen molar-refractivity contribution < 1.29 is 4.18 Å². The maximum atomic E-state index is 4.72. The zero-order valence-corrected chi connectivity index (χ0v) is 10.3. The minimum atomic E-state index is 0.823. The topological polar surface area (TPSA) is 9.23 Å². The van der Waals surface area contributed by atoms with E-state index in [0.29, 0.717) is 0 Å². The molecule has 1 aromatic rings. The van der Waals surface area contributed by atoms with Crippen LogP contribution in [0.5, 0.6) is 5.75 Å². The van der Waals surface area contributed by atoms with Crippen LogP contribution < -0.4 is 4.18 Å². The van der Waals surface area contributed by atoms with Crippen LogP contribution in [0.1, 0.15) is 12.8 Å². The van der Waals surface area contributed by atoms with Gasteiger partial charge in [0, 0.05) is 0 Å². The summed E-state index contributed by atoms with van der Waals surface area (Å²) in [5.74, 6) is 0.823. The fourth-order valence-electron chi connectivity index (χ4n) is 1.09. The molecule has 1 aliphatic carbocycles. The molecule has 2 rings (SSSR count). The molecule has 0 radical (unpaired) electrons. The molecule has 0 bridgehead atoms. The van der Waals surface area contributed by atoms with E-state index in [1.54, 1.807) is 0 Å². The summed E-state index contributed by atoms with van der Waals surface area (Å²) in [4.78, 5) is 1.10. The number of hydrogen-bond donors (Lipinski definition) is 1. The van der Waals surface area contributed by atoms with Crippen molar-refractivity contribution in [2.24, 2.45) is 0 Å². The molecule has 0 atom stereocenters. The summed E-state index contributed by atoms with van der Waals surface area (Å²) in [7, 11) is 0. The predicted molar refractivity (Wildman–Crippen MR) is 72.7 cm³/mol. The first kappa shape index (κ1) is 12.3. The van der Waals surface area contributed by atoms with Crippen LogP contribution in [0, 0.1) is 0 Å². The number of thiol groups is 1. The first-order chi connectivity index (χ1) is 7.33. The minimum Gasteiger partial charge on any atom is -0.291 e. The smallest absolute Gasteiger partial charge is 0.187 e. The van der Waals surface area contributed by atoms with Crippen LogP contribution in [0.3, 0.4) is 0 Å². The summed E-state index contributed by atoms with van der Waals surface area (Å²) in [6.45, 7) is 0. The molecule has 0 fully saturated rings. The number of rotatable bonds is 1. The number of allylic oxidation sites excluding steroid dienone is 3. The van der Waals surface area contributed by atoms with E-state index in [2.05, 4.69) is 37.7 Å². The van der Waals surface area contributed by atoms with Gasteiger partial charge in [0.2, 0.25) is 0 Å². The van der Waals surface area contributed by atoms with Crippen molar-refractivity contribution in [2.45, 2.75) is 12.8 Å². The van der Waals surface area contributed by atoms with Crippen molar-refractivity contribution in [2.75, 3.05) is 0 Å². The van der Waals surface area contributed by atoms with Crippen molar-refractivity contribution in [3.8, 4) is 5.75 Å². The summed E-state index contributed by atoms with van der Waals surface area (Å²) in [6, 6.07) is 9.50. The van der Waals surface area contributed by atoms with Crippen molar-refractivity contribution in [1.82, 2.24) is 0 Å². The molecule has 0 saturated carbocycles. The summed E-state index contributed by atoms with van der Waals surface area (Å²) < 4.78 is 4.72. The van der Waals surface area contributed by atoms with Gasteiger partial charge in [0.15, 0.2) is 18.7 Å². The summed E-state index contributed by atoms with van der Waals surface area (Å²) in [5, 5.41) is 0. The van der Waals surface area contributed by atoms with Crippen molar-refractivity contribution in [1.29, 1.82) is 0 Å². The Morgan fingerprint density at radius 1 is 1.13 bits per heavy atom. The third kappa shape index (κ3) is 5.60. The standard InChI is InChI=1S/C6H6OS.C6H8S/c8-7-6-4-2-1-3-5-6;7-6-4-2-1-3-5-6/h1-5,8H;2,4-5,7H,1,3H2/p+1. The highest BCUT2D eigenvalue weighted by atomic mass is 32.1. The van der Waals surface area contributed by atoms with Gasteiger partial charge in [-0.3, -0.25) is 4.18 Å². The Kier molecular flexibility index (Phi) is 6.12. The van der Waals surface area contributed by atoms with Gasteiger partial charge < -0.3 is 0 Å². The summed E-state index contributed by atoms with van der Waals surface area (Å²) in [6.07, 6.45) is 8.65. The van der Waals surface area contributed by atoms with Gasteiger partial charge >= 0.3 is 0 Å². The molecule has 0 unspecified atom stereocenters. The average molecular weight is 239 g/mol. The quantitative estimate of drug-likeness (QED) is 0.585. The van der Waals surface area contributed by atoms with Gasteiger partial charge in [-0.15, -0.1) is 12.6 Å². The van der Waals surface area contributed by atoms with Gasteiger partial charge in [0.05, 0.1) is 0 Å². The summed E-state index contributed by atoms with van der Waals surface area (Å²) >= 11 is 7.04. The molecule has 0 spiro atoms. The maximum absolute atomic E-state index is 4.72. The van der Waals surface area contributed by atoms with Crippen LogP contribution in [-0.2, 0) is 12.9 Å². The summed E-state index contributed by atoms with van der Waals surface area (Å²) in [5.41, 5.74) is 0. The molecule has 1 aromatic carbocycles. The SMILES string of the molecule is SC1=CCCC=C1.[SH2+]Oc1ccccc1. The average Bonchev–Trinajstić information content (AvgIpc) is 2.32. The van der Waals surface area contributed by atoms with Gasteiger partial charge in [-0.05, 0) is 29.9 Å². The van der Waals surface area contributed by atoms with E-state index in [4.69, 9.17) is 4.18 Å². The van der Waals surface area contributed by atoms with E-state index >= 15 is 0 Å². The van der Waals surface area contributed by atoms with Gasteiger partial charge in [0.1, 0.15) is 0 Å². The maximum Gasteiger partial charge on any atom is 0.187 e. The largest absolute Gasteiger partial charge is 0.291 e. The third-order valence-corrected chi connectivity index (χ3v) is 2.40. The predicted octanol–water partition coefficient (Wildman–Crippen LogP) is 3.14. The molecule has 0 aromatic heterocycles. The Hall–Kier alpha value is -0.800. The zero-order valence-electron chi connectivity index (χ0n) is 8.39. The van der Waals surface area contributed by atoms with Crippen molar-refractivity contribution in [3.05, 3.63) is 53.5 Å². The van der Waals surface area contributed by atoms with Crippen LogP contribution >= 0.6 is 12.6 Å². The Labute approximate surface area is 102 Å². The van der Waals surface area contributed by atoms with E-state index in [0.717, 1.165) is 17.1 Å². The molecule has 0 N–H and O–H groups in total. The van der Waals surface area contributed by atoms with Crippen molar-refractivity contribution >= 4 is 25.5 Å². The molecule has 80 valence electrons. The molecule has 3 heteroatoms. The normalized spacial score (nSPS) is 13.6. The van der Waals surface area contributed by atoms with Gasteiger partial charge in [0.25, 0.3) is 0 Å². The Morgan fingerprint density at radius 2 is 1.87 bits per heavy atom. The lowest BCUT2D eigenvalue weighted by molar-refractivity contribution is 0.655. The van der Waals surface area contributed by atoms with Gasteiger partial charge in [-0.25, -0.2) is 0 Å². The highest BCUT2D eigenvalue weighted by molar-refractivity contribution is 7.84. The molecule has 1 nitrogen and oxygen atoms in total. The molecule has 0 heterocycles. The fraction of sp³-hybridized carbons (Fsp3) is 0.167. The Morgan fingerprint density at radius 3 is 2.20 bits per heavy atom. The van der Waals surface area contributed by atoms with Gasteiger partial charge in [-0.2, -0.15) is 0 Å². The lowest BCUT2D eigenvalue weighted by Crippen LogP contribution is -1.75. The Bertz CT molecular complexity index is 331. The molecule has 15 heavy (non-hydrogen) atoms. The Balaban J connectivity index is 0.000000151. The van der Waals surface area contributed by atoms with Gasteiger partial charge in [-0.1, -0.05) is 36.4 Å². The molecule has 0 aliphatic heterocycles. The second kappa shape index (κ2) is 7.49. The molecule has 0 saturated heterocycles. The number of hydrogen-bond acceptors (Lipinski definition) is 2.